The van der Waals surface area contributed by atoms with Crippen molar-refractivity contribution >= 4 is 11.9 Å². The average Bonchev–Trinajstić information content (AvgIpc) is 2.64. The van der Waals surface area contributed by atoms with Crippen LogP contribution < -0.4 is 5.32 Å². The molecule has 0 aromatic carbocycles. The molecular weight excluding hydrogens is 328 g/mol. The van der Waals surface area contributed by atoms with Crippen LogP contribution in [0.5, 0.6) is 0 Å². The van der Waals surface area contributed by atoms with Gasteiger partial charge >= 0.3 is 5.97 Å². The first-order valence-electron chi connectivity index (χ1n) is 10.3. The van der Waals surface area contributed by atoms with Crippen LogP contribution in [0, 0.1) is 0 Å². The van der Waals surface area contributed by atoms with Crippen LogP contribution in [0.1, 0.15) is 84.0 Å². The average molecular weight is 365 g/mol. The number of allylic oxidation sites excluding steroid dienone is 1. The topological polar surface area (TPSA) is 69.6 Å². The summed E-state index contributed by atoms with van der Waals surface area (Å²) < 4.78 is 0. The standard InChI is InChI=1S/C21H36N2O3/c1-2-3-4-5-6-7-8-9-10-11-15-22-21(26)19-13-12-16-23(18-19)17-14-20(24)25/h12,16,18H,2-11,13-15,17H2,1H3,(H,22,26)(H,24,25). The zero-order valence-electron chi connectivity index (χ0n) is 16.3. The first-order chi connectivity index (χ1) is 12.6. The quantitative estimate of drug-likeness (QED) is 0.417. The summed E-state index contributed by atoms with van der Waals surface area (Å²) in [5, 5.41) is 11.7. The van der Waals surface area contributed by atoms with Gasteiger partial charge in [0.15, 0.2) is 0 Å². The highest BCUT2D eigenvalue weighted by atomic mass is 16.4. The summed E-state index contributed by atoms with van der Waals surface area (Å²) in [5.74, 6) is -0.866. The number of nitrogens with zero attached hydrogens (tertiary/aromatic N) is 1. The molecule has 2 N–H and O–H groups in total. The molecule has 5 heteroatoms. The molecule has 0 saturated heterocycles. The van der Waals surface area contributed by atoms with Crippen molar-refractivity contribution in [2.24, 2.45) is 0 Å². The van der Waals surface area contributed by atoms with Gasteiger partial charge in [-0.2, -0.15) is 0 Å². The summed E-state index contributed by atoms with van der Waals surface area (Å²) in [7, 11) is 0. The van der Waals surface area contributed by atoms with Crippen LogP contribution in [-0.2, 0) is 9.59 Å². The van der Waals surface area contributed by atoms with Crippen LogP contribution >= 0.6 is 0 Å². The number of aliphatic carboxylic acids is 1. The molecule has 0 aromatic heterocycles. The van der Waals surface area contributed by atoms with Crippen molar-refractivity contribution in [3.63, 3.8) is 0 Å². The van der Waals surface area contributed by atoms with E-state index in [0.717, 1.165) is 6.42 Å². The van der Waals surface area contributed by atoms with E-state index in [1.807, 2.05) is 12.3 Å². The summed E-state index contributed by atoms with van der Waals surface area (Å²) in [5.41, 5.74) is 0.699. The molecule has 26 heavy (non-hydrogen) atoms. The van der Waals surface area contributed by atoms with Gasteiger partial charge in [0.25, 0.3) is 0 Å². The lowest BCUT2D eigenvalue weighted by Crippen LogP contribution is -2.28. The van der Waals surface area contributed by atoms with Gasteiger partial charge in [0.2, 0.25) is 5.91 Å². The minimum Gasteiger partial charge on any atom is -0.481 e. The van der Waals surface area contributed by atoms with Gasteiger partial charge in [-0.3, -0.25) is 9.59 Å². The fourth-order valence-corrected chi connectivity index (χ4v) is 3.05. The third-order valence-corrected chi connectivity index (χ3v) is 4.65. The number of amides is 1. The predicted octanol–water partition coefficient (Wildman–Crippen LogP) is 4.60. The Morgan fingerprint density at radius 1 is 1.04 bits per heavy atom. The summed E-state index contributed by atoms with van der Waals surface area (Å²) in [4.78, 5) is 24.6. The van der Waals surface area contributed by atoms with Crippen LogP contribution in [0.3, 0.4) is 0 Å². The first kappa shape index (κ1) is 22.3. The maximum atomic E-state index is 12.2. The Labute approximate surface area is 158 Å². The third-order valence-electron chi connectivity index (χ3n) is 4.65. The fourth-order valence-electron chi connectivity index (χ4n) is 3.05. The summed E-state index contributed by atoms with van der Waals surface area (Å²) >= 11 is 0. The van der Waals surface area contributed by atoms with E-state index in [2.05, 4.69) is 12.2 Å². The van der Waals surface area contributed by atoms with Crippen molar-refractivity contribution in [2.45, 2.75) is 84.0 Å². The van der Waals surface area contributed by atoms with Gasteiger partial charge in [-0.15, -0.1) is 0 Å². The molecule has 0 unspecified atom stereocenters. The lowest BCUT2D eigenvalue weighted by Gasteiger charge is -2.20. The third kappa shape index (κ3) is 11.0. The van der Waals surface area contributed by atoms with E-state index >= 15 is 0 Å². The minimum atomic E-state index is -0.829. The van der Waals surface area contributed by atoms with E-state index in [9.17, 15) is 9.59 Å². The Bertz CT molecular complexity index is 472. The second-order valence-electron chi connectivity index (χ2n) is 7.06. The fraction of sp³-hybridized carbons (Fsp3) is 0.714. The summed E-state index contributed by atoms with van der Waals surface area (Å²) in [6.07, 6.45) is 19.0. The van der Waals surface area contributed by atoms with E-state index in [-0.39, 0.29) is 12.3 Å². The first-order valence-corrected chi connectivity index (χ1v) is 10.3. The number of carbonyl (C=O) groups is 2. The van der Waals surface area contributed by atoms with Crippen LogP contribution in [0.2, 0.25) is 0 Å². The van der Waals surface area contributed by atoms with Gasteiger partial charge in [0.1, 0.15) is 0 Å². The molecule has 5 nitrogen and oxygen atoms in total. The number of carbonyl (C=O) groups excluding carboxylic acids is 1. The summed E-state index contributed by atoms with van der Waals surface area (Å²) in [6, 6.07) is 0. The number of carboxylic acid groups (broad SMARTS) is 1. The Morgan fingerprint density at radius 2 is 1.65 bits per heavy atom. The second kappa shape index (κ2) is 14.4. The largest absolute Gasteiger partial charge is 0.481 e. The zero-order valence-corrected chi connectivity index (χ0v) is 16.3. The maximum Gasteiger partial charge on any atom is 0.305 e. The van der Waals surface area contributed by atoms with E-state index < -0.39 is 5.97 Å². The van der Waals surface area contributed by atoms with Gasteiger partial charge in [-0.1, -0.05) is 70.8 Å². The monoisotopic (exact) mass is 364 g/mol. The molecule has 0 bridgehead atoms. The Kier molecular flexibility index (Phi) is 12.3. The number of hydrogen-bond donors (Lipinski definition) is 2. The van der Waals surface area contributed by atoms with Gasteiger partial charge < -0.3 is 15.3 Å². The second-order valence-corrected chi connectivity index (χ2v) is 7.06. The maximum absolute atomic E-state index is 12.2. The minimum absolute atomic E-state index is 0.0365. The van der Waals surface area contributed by atoms with Gasteiger partial charge in [-0.25, -0.2) is 0 Å². The van der Waals surface area contributed by atoms with Gasteiger partial charge in [0.05, 0.1) is 6.42 Å². The number of nitrogens with one attached hydrogen (secondary N) is 1. The predicted molar refractivity (Wildman–Crippen MR) is 106 cm³/mol. The number of hydrogen-bond acceptors (Lipinski definition) is 3. The molecule has 1 amide bonds. The highest BCUT2D eigenvalue weighted by Gasteiger charge is 2.13. The molecular formula is C21H36N2O3. The molecule has 1 aliphatic heterocycles. The van der Waals surface area contributed by atoms with E-state index in [0.29, 0.717) is 25.1 Å². The van der Waals surface area contributed by atoms with Crippen molar-refractivity contribution in [3.05, 3.63) is 24.0 Å². The Hall–Kier alpha value is -1.78. The molecule has 0 spiro atoms. The van der Waals surface area contributed by atoms with Crippen LogP contribution in [0.25, 0.3) is 0 Å². The molecule has 1 heterocycles. The zero-order chi connectivity index (χ0) is 19.0. The molecule has 0 fully saturated rings. The van der Waals surface area contributed by atoms with E-state index in [4.69, 9.17) is 5.11 Å². The smallest absolute Gasteiger partial charge is 0.305 e. The Morgan fingerprint density at radius 3 is 2.27 bits per heavy atom. The van der Waals surface area contributed by atoms with E-state index in [1.165, 1.54) is 57.8 Å². The van der Waals surface area contributed by atoms with E-state index in [1.54, 1.807) is 11.1 Å². The van der Waals surface area contributed by atoms with Crippen LogP contribution in [-0.4, -0.2) is 35.0 Å². The SMILES string of the molecule is CCCCCCCCCCCCNC(=O)C1=CN(CCC(=O)O)C=CC1. The number of rotatable bonds is 15. The normalized spacial score (nSPS) is 13.6. The molecule has 148 valence electrons. The Balaban J connectivity index is 2.05. The van der Waals surface area contributed by atoms with Gasteiger partial charge in [-0.05, 0) is 19.0 Å². The van der Waals surface area contributed by atoms with Crippen molar-refractivity contribution in [1.82, 2.24) is 10.2 Å². The lowest BCUT2D eigenvalue weighted by molar-refractivity contribution is -0.137. The molecule has 0 aromatic rings. The lowest BCUT2D eigenvalue weighted by atomic mass is 10.1. The number of carboxylic acids is 1. The highest BCUT2D eigenvalue weighted by Crippen LogP contribution is 2.13. The van der Waals surface area contributed by atoms with Crippen LogP contribution in [0.15, 0.2) is 24.0 Å². The molecule has 1 rings (SSSR count). The van der Waals surface area contributed by atoms with Crippen molar-refractivity contribution < 1.29 is 14.7 Å². The molecule has 0 atom stereocenters. The van der Waals surface area contributed by atoms with Crippen molar-refractivity contribution in [3.8, 4) is 0 Å². The van der Waals surface area contributed by atoms with Crippen LogP contribution in [0.4, 0.5) is 0 Å². The summed E-state index contributed by atoms with van der Waals surface area (Å²) in [6.45, 7) is 3.35. The number of unbranched alkanes of at least 4 members (excludes halogenated alkanes) is 9. The molecule has 0 radical (unpaired) electrons. The molecule has 1 aliphatic rings. The van der Waals surface area contributed by atoms with Gasteiger partial charge in [0, 0.05) is 24.9 Å². The van der Waals surface area contributed by atoms with Crippen molar-refractivity contribution in [2.75, 3.05) is 13.1 Å². The van der Waals surface area contributed by atoms with Crippen molar-refractivity contribution in [1.29, 1.82) is 0 Å². The molecule has 0 aliphatic carbocycles. The highest BCUT2D eigenvalue weighted by molar-refractivity contribution is 5.93. The molecule has 0 saturated carbocycles.